The van der Waals surface area contributed by atoms with Gasteiger partial charge in [0, 0.05) is 12.7 Å². The molecule has 0 aromatic rings. The van der Waals surface area contributed by atoms with Gasteiger partial charge in [0.05, 0.1) is 0 Å². The zero-order valence-electron chi connectivity index (χ0n) is 12.1. The Morgan fingerprint density at radius 2 is 1.90 bits per heavy atom. The van der Waals surface area contributed by atoms with Crippen LogP contribution in [0, 0.1) is 24.7 Å². The molecule has 3 heteroatoms. The maximum Gasteiger partial charge on any atom is 0.331 e. The van der Waals surface area contributed by atoms with Crippen molar-refractivity contribution in [3.8, 4) is 24.7 Å². The van der Waals surface area contributed by atoms with Crippen LogP contribution in [0.4, 0.5) is 0 Å². The molecule has 0 atom stereocenters. The normalized spacial score (nSPS) is 11.1. The van der Waals surface area contributed by atoms with Crippen molar-refractivity contribution >= 4 is 5.97 Å². The van der Waals surface area contributed by atoms with E-state index in [9.17, 15) is 4.79 Å². The Morgan fingerprint density at radius 1 is 1.15 bits per heavy atom. The van der Waals surface area contributed by atoms with Crippen LogP contribution in [0.15, 0.2) is 23.8 Å². The van der Waals surface area contributed by atoms with Crippen molar-refractivity contribution in [2.45, 2.75) is 32.6 Å². The summed E-state index contributed by atoms with van der Waals surface area (Å²) in [5, 5.41) is 0. The summed E-state index contributed by atoms with van der Waals surface area (Å²) in [5.41, 5.74) is 0.851. The average Bonchev–Trinajstić information content (AvgIpc) is 2.43. The largest absolute Gasteiger partial charge is 0.449 e. The van der Waals surface area contributed by atoms with E-state index in [2.05, 4.69) is 11.8 Å². The third-order valence-electron chi connectivity index (χ3n) is 2.37. The van der Waals surface area contributed by atoms with Gasteiger partial charge in [-0.2, -0.15) is 0 Å². The van der Waals surface area contributed by atoms with E-state index in [1.54, 1.807) is 0 Å². The van der Waals surface area contributed by atoms with Gasteiger partial charge in [0.2, 0.25) is 0 Å². The molecule has 0 spiro atoms. The molecule has 0 aliphatic rings. The van der Waals surface area contributed by atoms with Gasteiger partial charge in [0.25, 0.3) is 0 Å². The summed E-state index contributed by atoms with van der Waals surface area (Å²) in [5.74, 6) is 4.27. The first kappa shape index (κ1) is 18.0. The van der Waals surface area contributed by atoms with Crippen LogP contribution in [0.2, 0.25) is 0 Å². The van der Waals surface area contributed by atoms with Gasteiger partial charge >= 0.3 is 5.97 Å². The molecule has 0 heterocycles. The zero-order chi connectivity index (χ0) is 15.1. The fourth-order valence-electron chi connectivity index (χ4n) is 1.43. The zero-order valence-corrected chi connectivity index (χ0v) is 12.1. The number of esters is 1. The quantitative estimate of drug-likeness (QED) is 0.202. The van der Waals surface area contributed by atoms with Crippen LogP contribution in [-0.4, -0.2) is 25.8 Å². The van der Waals surface area contributed by atoms with Gasteiger partial charge in [0.1, 0.15) is 6.61 Å². The topological polar surface area (TPSA) is 35.5 Å². The highest BCUT2D eigenvalue weighted by Gasteiger charge is 1.95. The monoisotopic (exact) mass is 274 g/mol. The second kappa shape index (κ2) is 13.5. The van der Waals surface area contributed by atoms with E-state index in [1.807, 2.05) is 19.1 Å². The van der Waals surface area contributed by atoms with E-state index in [4.69, 9.17) is 22.3 Å². The Balaban J connectivity index is 3.64. The first-order chi connectivity index (χ1) is 9.70. The van der Waals surface area contributed by atoms with E-state index in [1.165, 1.54) is 6.08 Å². The lowest BCUT2D eigenvalue weighted by Crippen LogP contribution is -2.00. The molecule has 0 radical (unpaired) electrons. The maximum absolute atomic E-state index is 11.2. The third kappa shape index (κ3) is 12.5. The van der Waals surface area contributed by atoms with Gasteiger partial charge in [-0.1, -0.05) is 30.4 Å². The van der Waals surface area contributed by atoms with Crippen LogP contribution in [0.25, 0.3) is 0 Å². The SMILES string of the molecule is C#CCOCCCCC/C=C/C(C)=C/C(=O)OCC#C. The molecule has 0 amide bonds. The first-order valence-corrected chi connectivity index (χ1v) is 6.67. The predicted molar refractivity (Wildman–Crippen MR) is 80.8 cm³/mol. The molecule has 0 rings (SSSR count). The smallest absolute Gasteiger partial charge is 0.331 e. The molecular weight excluding hydrogens is 252 g/mol. The Labute approximate surface area is 122 Å². The predicted octanol–water partition coefficient (Wildman–Crippen LogP) is 2.88. The van der Waals surface area contributed by atoms with Gasteiger partial charge in [-0.25, -0.2) is 4.79 Å². The number of carbonyl (C=O) groups is 1. The minimum Gasteiger partial charge on any atom is -0.449 e. The second-order valence-electron chi connectivity index (χ2n) is 4.21. The van der Waals surface area contributed by atoms with Crippen molar-refractivity contribution in [1.29, 1.82) is 0 Å². The van der Waals surface area contributed by atoms with E-state index in [-0.39, 0.29) is 6.61 Å². The molecule has 0 fully saturated rings. The Kier molecular flexibility index (Phi) is 12.1. The van der Waals surface area contributed by atoms with E-state index in [0.717, 1.165) is 31.3 Å². The summed E-state index contributed by atoms with van der Waals surface area (Å²) in [6, 6.07) is 0. The molecule has 0 saturated carbocycles. The van der Waals surface area contributed by atoms with Crippen LogP contribution in [0.5, 0.6) is 0 Å². The van der Waals surface area contributed by atoms with Crippen LogP contribution in [0.3, 0.4) is 0 Å². The van der Waals surface area contributed by atoms with Gasteiger partial charge in [-0.3, -0.25) is 0 Å². The molecule has 108 valence electrons. The Hall–Kier alpha value is -1.97. The van der Waals surface area contributed by atoms with Gasteiger partial charge in [-0.05, 0) is 31.8 Å². The lowest BCUT2D eigenvalue weighted by atomic mass is 10.1. The summed E-state index contributed by atoms with van der Waals surface area (Å²) < 4.78 is 9.92. The molecule has 0 aliphatic heterocycles. The third-order valence-corrected chi connectivity index (χ3v) is 2.37. The molecule has 0 unspecified atom stereocenters. The van der Waals surface area contributed by atoms with Crippen molar-refractivity contribution < 1.29 is 14.3 Å². The molecular formula is C17H22O3. The lowest BCUT2D eigenvalue weighted by molar-refractivity contribution is -0.136. The number of hydrogen-bond donors (Lipinski definition) is 0. The number of ether oxygens (including phenoxy) is 2. The maximum atomic E-state index is 11.2. The number of hydrogen-bond acceptors (Lipinski definition) is 3. The highest BCUT2D eigenvalue weighted by molar-refractivity contribution is 5.83. The molecule has 0 aromatic carbocycles. The van der Waals surface area contributed by atoms with E-state index in [0.29, 0.717) is 13.2 Å². The van der Waals surface area contributed by atoms with Crippen LogP contribution < -0.4 is 0 Å². The van der Waals surface area contributed by atoms with Crippen molar-refractivity contribution in [1.82, 2.24) is 0 Å². The minimum atomic E-state index is -0.407. The molecule has 0 N–H and O–H groups in total. The van der Waals surface area contributed by atoms with Crippen molar-refractivity contribution in [3.05, 3.63) is 23.8 Å². The van der Waals surface area contributed by atoms with Gasteiger partial charge < -0.3 is 9.47 Å². The number of unbranched alkanes of at least 4 members (excludes halogenated alkanes) is 3. The van der Waals surface area contributed by atoms with Crippen molar-refractivity contribution in [2.75, 3.05) is 19.8 Å². The highest BCUT2D eigenvalue weighted by atomic mass is 16.5. The summed E-state index contributed by atoms with van der Waals surface area (Å²) in [6.07, 6.45) is 19.6. The van der Waals surface area contributed by atoms with Gasteiger partial charge in [0.15, 0.2) is 6.61 Å². The summed E-state index contributed by atoms with van der Waals surface area (Å²) in [4.78, 5) is 11.2. The molecule has 0 saturated heterocycles. The fraction of sp³-hybridized carbons (Fsp3) is 0.471. The van der Waals surface area contributed by atoms with E-state index >= 15 is 0 Å². The number of allylic oxidation sites excluding steroid dienone is 3. The minimum absolute atomic E-state index is 0.00801. The number of terminal acetylenes is 2. The second-order valence-corrected chi connectivity index (χ2v) is 4.21. The molecule has 0 aliphatic carbocycles. The first-order valence-electron chi connectivity index (χ1n) is 6.67. The van der Waals surface area contributed by atoms with Crippen molar-refractivity contribution in [3.63, 3.8) is 0 Å². The highest BCUT2D eigenvalue weighted by Crippen LogP contribution is 2.03. The molecule has 20 heavy (non-hydrogen) atoms. The fourth-order valence-corrected chi connectivity index (χ4v) is 1.43. The van der Waals surface area contributed by atoms with Crippen LogP contribution >= 0.6 is 0 Å². The Morgan fingerprint density at radius 3 is 2.60 bits per heavy atom. The average molecular weight is 274 g/mol. The summed E-state index contributed by atoms with van der Waals surface area (Å²) >= 11 is 0. The number of carbonyl (C=O) groups excluding carboxylic acids is 1. The molecule has 0 bridgehead atoms. The summed E-state index contributed by atoms with van der Waals surface area (Å²) in [6.45, 7) is 2.96. The van der Waals surface area contributed by atoms with E-state index < -0.39 is 5.97 Å². The number of rotatable bonds is 10. The molecule has 0 aromatic heterocycles. The van der Waals surface area contributed by atoms with Crippen LogP contribution in [-0.2, 0) is 14.3 Å². The van der Waals surface area contributed by atoms with Crippen LogP contribution in [0.1, 0.15) is 32.6 Å². The lowest BCUT2D eigenvalue weighted by Gasteiger charge is -1.99. The van der Waals surface area contributed by atoms with Crippen molar-refractivity contribution in [2.24, 2.45) is 0 Å². The van der Waals surface area contributed by atoms with Gasteiger partial charge in [-0.15, -0.1) is 12.8 Å². The Bertz CT molecular complexity index is 405. The standard InChI is InChI=1S/C17H22O3/c1-4-12-19-14-10-8-6-7-9-11-16(3)15-17(18)20-13-5-2/h1-2,9,11,15H,6-8,10,12-14H2,3H3/b11-9+,16-15+. The summed E-state index contributed by atoms with van der Waals surface area (Å²) in [7, 11) is 0. The molecule has 3 nitrogen and oxygen atoms in total.